The SMILES string of the molecule is CC(C)(C)[Si](OCc1cc([C@@H]2OC(CO)[C@H](O)[C@H](O)C2O)ccc1Cl)(c1ccccc1)c1ccccc1. The lowest BCUT2D eigenvalue weighted by Crippen LogP contribution is -2.66. The first-order chi connectivity index (χ1) is 17.6. The zero-order valence-electron chi connectivity index (χ0n) is 21.3. The van der Waals surface area contributed by atoms with Crippen LogP contribution in [0.3, 0.4) is 0 Å². The fourth-order valence-electron chi connectivity index (χ4n) is 5.21. The van der Waals surface area contributed by atoms with E-state index in [0.29, 0.717) is 16.1 Å². The fourth-order valence-corrected chi connectivity index (χ4v) is 9.91. The van der Waals surface area contributed by atoms with Crippen molar-refractivity contribution in [1.29, 1.82) is 0 Å². The minimum atomic E-state index is -2.81. The summed E-state index contributed by atoms with van der Waals surface area (Å²) in [6, 6.07) is 25.8. The topological polar surface area (TPSA) is 99.4 Å². The molecule has 1 fully saturated rings. The molecule has 37 heavy (non-hydrogen) atoms. The predicted molar refractivity (Wildman–Crippen MR) is 147 cm³/mol. The highest BCUT2D eigenvalue weighted by Gasteiger charge is 2.50. The van der Waals surface area contributed by atoms with E-state index in [4.69, 9.17) is 20.8 Å². The first-order valence-corrected chi connectivity index (χ1v) is 14.7. The molecule has 1 aliphatic heterocycles. The number of hydrogen-bond donors (Lipinski definition) is 4. The molecular weight excluding hydrogens is 508 g/mol. The third-order valence-electron chi connectivity index (χ3n) is 7.15. The van der Waals surface area contributed by atoms with Gasteiger partial charge in [0.15, 0.2) is 0 Å². The average Bonchev–Trinajstić information content (AvgIpc) is 2.89. The predicted octanol–water partition coefficient (Wildman–Crippen LogP) is 2.93. The van der Waals surface area contributed by atoms with Gasteiger partial charge < -0.3 is 29.6 Å². The Labute approximate surface area is 224 Å². The van der Waals surface area contributed by atoms with E-state index in [9.17, 15) is 20.4 Å². The molecule has 0 amide bonds. The van der Waals surface area contributed by atoms with Crippen molar-refractivity contribution in [3.8, 4) is 0 Å². The molecule has 6 nitrogen and oxygen atoms in total. The molecule has 0 aromatic heterocycles. The van der Waals surface area contributed by atoms with Gasteiger partial charge in [0.25, 0.3) is 8.32 Å². The molecule has 0 saturated carbocycles. The monoisotopic (exact) mass is 542 g/mol. The average molecular weight is 543 g/mol. The molecule has 8 heteroatoms. The number of aliphatic hydroxyl groups is 4. The van der Waals surface area contributed by atoms with Crippen molar-refractivity contribution < 1.29 is 29.6 Å². The Kier molecular flexibility index (Phi) is 8.57. The van der Waals surface area contributed by atoms with E-state index in [-0.39, 0.29) is 11.6 Å². The normalized spacial score (nSPS) is 24.7. The Hall–Kier alpha value is -2.07. The van der Waals surface area contributed by atoms with E-state index in [0.717, 1.165) is 10.4 Å². The van der Waals surface area contributed by atoms with E-state index in [1.165, 1.54) is 0 Å². The van der Waals surface area contributed by atoms with Gasteiger partial charge in [0.1, 0.15) is 30.5 Å². The zero-order valence-corrected chi connectivity index (χ0v) is 23.0. The standard InChI is InChI=1S/C29H35ClO6Si/c1-29(2,3)37(21-10-6-4-7-11-21,22-12-8-5-9-13-22)35-18-20-16-19(14-15-23(20)30)28-27(34)26(33)25(32)24(17-31)36-28/h4-16,24-28,31-34H,17-18H2,1-3H3/t24?,25-,26-,27?,28-/m0/s1. The number of benzene rings is 3. The highest BCUT2D eigenvalue weighted by Crippen LogP contribution is 2.39. The zero-order chi connectivity index (χ0) is 26.8. The molecule has 0 spiro atoms. The maximum atomic E-state index is 10.6. The summed E-state index contributed by atoms with van der Waals surface area (Å²) in [4.78, 5) is 0. The molecule has 1 heterocycles. The highest BCUT2D eigenvalue weighted by molar-refractivity contribution is 6.99. The molecule has 4 rings (SSSR count). The van der Waals surface area contributed by atoms with Crippen LogP contribution in [0.15, 0.2) is 78.9 Å². The van der Waals surface area contributed by atoms with Gasteiger partial charge in [-0.2, -0.15) is 0 Å². The van der Waals surface area contributed by atoms with E-state index in [2.05, 4.69) is 45.0 Å². The van der Waals surface area contributed by atoms with Crippen LogP contribution in [0.2, 0.25) is 10.1 Å². The third-order valence-corrected chi connectivity index (χ3v) is 12.5. The van der Waals surface area contributed by atoms with Gasteiger partial charge in [0.05, 0.1) is 13.2 Å². The van der Waals surface area contributed by atoms with Gasteiger partial charge in [0, 0.05) is 5.02 Å². The van der Waals surface area contributed by atoms with Crippen molar-refractivity contribution in [1.82, 2.24) is 0 Å². The van der Waals surface area contributed by atoms with Crippen molar-refractivity contribution >= 4 is 30.3 Å². The second-order valence-corrected chi connectivity index (χ2v) is 15.3. The first-order valence-electron chi connectivity index (χ1n) is 12.4. The Morgan fingerprint density at radius 1 is 0.838 bits per heavy atom. The summed E-state index contributed by atoms with van der Waals surface area (Å²) < 4.78 is 12.8. The maximum Gasteiger partial charge on any atom is 0.261 e. The minimum Gasteiger partial charge on any atom is -0.403 e. The van der Waals surface area contributed by atoms with Gasteiger partial charge >= 0.3 is 0 Å². The van der Waals surface area contributed by atoms with E-state index < -0.39 is 45.4 Å². The number of rotatable bonds is 7. The maximum absolute atomic E-state index is 10.6. The van der Waals surface area contributed by atoms with E-state index in [1.807, 2.05) is 36.4 Å². The van der Waals surface area contributed by atoms with Gasteiger partial charge in [-0.3, -0.25) is 0 Å². The number of aliphatic hydroxyl groups excluding tert-OH is 4. The molecule has 0 bridgehead atoms. The van der Waals surface area contributed by atoms with Crippen molar-refractivity contribution in [3.05, 3.63) is 95.0 Å². The second-order valence-electron chi connectivity index (χ2n) is 10.6. The van der Waals surface area contributed by atoms with Gasteiger partial charge in [-0.25, -0.2) is 0 Å². The summed E-state index contributed by atoms with van der Waals surface area (Å²) in [7, 11) is -2.81. The summed E-state index contributed by atoms with van der Waals surface area (Å²) in [6.45, 7) is 6.33. The molecule has 3 aromatic carbocycles. The van der Waals surface area contributed by atoms with Crippen LogP contribution in [0.25, 0.3) is 0 Å². The van der Waals surface area contributed by atoms with Crippen LogP contribution in [0.5, 0.6) is 0 Å². The van der Waals surface area contributed by atoms with Crippen LogP contribution in [0, 0.1) is 0 Å². The van der Waals surface area contributed by atoms with Crippen LogP contribution >= 0.6 is 11.6 Å². The van der Waals surface area contributed by atoms with E-state index >= 15 is 0 Å². The summed E-state index contributed by atoms with van der Waals surface area (Å²) in [6.07, 6.45) is -6.18. The summed E-state index contributed by atoms with van der Waals surface area (Å²) in [5, 5.41) is 43.2. The van der Waals surface area contributed by atoms with Crippen LogP contribution in [0.1, 0.15) is 38.0 Å². The lowest BCUT2D eigenvalue weighted by Gasteiger charge is -2.43. The molecular formula is C29H35ClO6Si. The lowest BCUT2D eigenvalue weighted by molar-refractivity contribution is -0.231. The van der Waals surface area contributed by atoms with Crippen LogP contribution in [0.4, 0.5) is 0 Å². The Bertz CT molecular complexity index is 1130. The molecule has 5 atom stereocenters. The second kappa shape index (κ2) is 11.4. The van der Waals surface area contributed by atoms with Crippen LogP contribution in [-0.2, 0) is 15.8 Å². The Morgan fingerprint density at radius 3 is 1.92 bits per heavy atom. The summed E-state index contributed by atoms with van der Waals surface area (Å²) in [5.74, 6) is 0. The Balaban J connectivity index is 1.72. The van der Waals surface area contributed by atoms with Gasteiger partial charge in [0.2, 0.25) is 0 Å². The molecule has 198 valence electrons. The Morgan fingerprint density at radius 2 is 1.41 bits per heavy atom. The number of halogens is 1. The lowest BCUT2D eigenvalue weighted by atomic mass is 9.91. The largest absolute Gasteiger partial charge is 0.403 e. The van der Waals surface area contributed by atoms with Crippen LogP contribution in [-0.4, -0.2) is 59.8 Å². The van der Waals surface area contributed by atoms with Gasteiger partial charge in [-0.05, 0) is 38.7 Å². The molecule has 4 N–H and O–H groups in total. The van der Waals surface area contributed by atoms with Crippen molar-refractivity contribution in [2.24, 2.45) is 0 Å². The third kappa shape index (κ3) is 5.41. The van der Waals surface area contributed by atoms with Gasteiger partial charge in [-0.1, -0.05) is 99.1 Å². The quantitative estimate of drug-likeness (QED) is 0.343. The molecule has 0 aliphatic carbocycles. The molecule has 1 saturated heterocycles. The van der Waals surface area contributed by atoms with E-state index in [1.54, 1.807) is 18.2 Å². The first kappa shape index (κ1) is 27.9. The van der Waals surface area contributed by atoms with Crippen LogP contribution < -0.4 is 10.4 Å². The van der Waals surface area contributed by atoms with Gasteiger partial charge in [-0.15, -0.1) is 0 Å². The number of ether oxygens (including phenoxy) is 1. The highest BCUT2D eigenvalue weighted by atomic mass is 35.5. The van der Waals surface area contributed by atoms with Crippen molar-refractivity contribution in [3.63, 3.8) is 0 Å². The minimum absolute atomic E-state index is 0.211. The number of hydrogen-bond acceptors (Lipinski definition) is 6. The smallest absolute Gasteiger partial charge is 0.261 e. The van der Waals surface area contributed by atoms with Crippen molar-refractivity contribution in [2.45, 2.75) is 62.9 Å². The van der Waals surface area contributed by atoms with Crippen molar-refractivity contribution in [2.75, 3.05) is 6.61 Å². The molecule has 1 aliphatic rings. The molecule has 3 aromatic rings. The summed E-state index contributed by atoms with van der Waals surface area (Å²) >= 11 is 6.62. The molecule has 2 unspecified atom stereocenters. The molecule has 0 radical (unpaired) electrons. The fraction of sp³-hybridized carbons (Fsp3) is 0.379. The summed E-state index contributed by atoms with van der Waals surface area (Å²) in [5.41, 5.74) is 1.28.